The monoisotopic (exact) mass is 245 g/mol. The van der Waals surface area contributed by atoms with Gasteiger partial charge in [0, 0.05) is 18.5 Å². The number of piperidine rings is 1. The van der Waals surface area contributed by atoms with Gasteiger partial charge in [0.25, 0.3) is 0 Å². The van der Waals surface area contributed by atoms with Crippen LogP contribution >= 0.6 is 0 Å². The third kappa shape index (κ3) is 1.83. The van der Waals surface area contributed by atoms with E-state index >= 15 is 0 Å². The number of nitrogens with zero attached hydrogens (tertiary/aromatic N) is 1. The largest absolute Gasteiger partial charge is 0.496 e. The Bertz CT molecular complexity index is 443. The number of likely N-dealkylation sites (N-methyl/N-ethyl adjacent to an activating group) is 1. The highest BCUT2D eigenvalue weighted by Gasteiger charge is 2.37. The van der Waals surface area contributed by atoms with Crippen molar-refractivity contribution >= 4 is 0 Å². The van der Waals surface area contributed by atoms with Gasteiger partial charge in [-0.05, 0) is 49.4 Å². The summed E-state index contributed by atoms with van der Waals surface area (Å²) in [6.45, 7) is 3.63. The molecule has 3 rings (SSSR count). The van der Waals surface area contributed by atoms with E-state index in [0.29, 0.717) is 5.92 Å². The smallest absolute Gasteiger partial charge is 0.122 e. The molecule has 0 radical (unpaired) electrons. The third-order valence-electron chi connectivity index (χ3n) is 4.77. The molecule has 2 heteroatoms. The number of rotatable bonds is 1. The lowest BCUT2D eigenvalue weighted by Crippen LogP contribution is -2.46. The van der Waals surface area contributed by atoms with Gasteiger partial charge in [-0.3, -0.25) is 0 Å². The van der Waals surface area contributed by atoms with Gasteiger partial charge < -0.3 is 9.64 Å². The maximum Gasteiger partial charge on any atom is 0.122 e. The number of likely N-dealkylation sites (tertiary alicyclic amines) is 1. The van der Waals surface area contributed by atoms with Gasteiger partial charge in [-0.1, -0.05) is 19.1 Å². The first kappa shape index (κ1) is 12.0. The van der Waals surface area contributed by atoms with Crippen molar-refractivity contribution in [2.45, 2.75) is 38.1 Å². The molecule has 0 amide bonds. The van der Waals surface area contributed by atoms with Gasteiger partial charge in [-0.2, -0.15) is 0 Å². The van der Waals surface area contributed by atoms with Crippen LogP contribution in [0.2, 0.25) is 0 Å². The molecular formula is C16H23NO. The van der Waals surface area contributed by atoms with Crippen molar-refractivity contribution in [2.75, 3.05) is 20.7 Å². The Morgan fingerprint density at radius 3 is 2.94 bits per heavy atom. The number of methoxy groups -OCH3 is 1. The van der Waals surface area contributed by atoms with Gasteiger partial charge >= 0.3 is 0 Å². The fourth-order valence-electron chi connectivity index (χ4n) is 4.04. The van der Waals surface area contributed by atoms with Gasteiger partial charge in [0.1, 0.15) is 5.75 Å². The minimum absolute atomic E-state index is 0.706. The summed E-state index contributed by atoms with van der Waals surface area (Å²) >= 11 is 0. The summed E-state index contributed by atoms with van der Waals surface area (Å²) in [4.78, 5) is 2.57. The molecule has 0 spiro atoms. The standard InChI is InChI=1S/C16H23NO/c1-11-9-14-12-5-4-6-16(18-3)13(12)7-8-15(14)17(2)10-11/h4-6,11,14-15H,7-10H2,1-3H3. The van der Waals surface area contributed by atoms with E-state index in [9.17, 15) is 0 Å². The summed E-state index contributed by atoms with van der Waals surface area (Å²) in [5.41, 5.74) is 3.01. The van der Waals surface area contributed by atoms with E-state index in [2.05, 4.69) is 37.1 Å². The zero-order valence-electron chi connectivity index (χ0n) is 11.6. The molecule has 2 nitrogen and oxygen atoms in total. The van der Waals surface area contributed by atoms with Crippen LogP contribution in [0.15, 0.2) is 18.2 Å². The Balaban J connectivity index is 2.01. The molecule has 1 aromatic rings. The summed E-state index contributed by atoms with van der Waals surface area (Å²) in [6.07, 6.45) is 3.77. The average Bonchev–Trinajstić information content (AvgIpc) is 2.37. The number of hydrogen-bond acceptors (Lipinski definition) is 2. The molecular weight excluding hydrogens is 222 g/mol. The molecule has 18 heavy (non-hydrogen) atoms. The van der Waals surface area contributed by atoms with Crippen molar-refractivity contribution in [3.8, 4) is 5.75 Å². The van der Waals surface area contributed by atoms with Gasteiger partial charge in [-0.25, -0.2) is 0 Å². The zero-order chi connectivity index (χ0) is 12.7. The molecule has 3 atom stereocenters. The van der Waals surface area contributed by atoms with E-state index in [-0.39, 0.29) is 0 Å². The number of ether oxygens (including phenoxy) is 1. The van der Waals surface area contributed by atoms with E-state index < -0.39 is 0 Å². The molecule has 0 bridgehead atoms. The van der Waals surface area contributed by atoms with E-state index in [1.54, 1.807) is 12.7 Å². The highest BCUT2D eigenvalue weighted by Crippen LogP contribution is 2.44. The summed E-state index contributed by atoms with van der Waals surface area (Å²) in [6, 6.07) is 7.32. The lowest BCUT2D eigenvalue weighted by molar-refractivity contribution is 0.108. The van der Waals surface area contributed by atoms with Crippen molar-refractivity contribution < 1.29 is 4.74 Å². The van der Waals surface area contributed by atoms with Crippen LogP contribution in [-0.4, -0.2) is 31.6 Å². The Morgan fingerprint density at radius 2 is 2.17 bits per heavy atom. The summed E-state index contributed by atoms with van der Waals surface area (Å²) < 4.78 is 5.53. The minimum atomic E-state index is 0.706. The van der Waals surface area contributed by atoms with Crippen LogP contribution in [0.3, 0.4) is 0 Å². The van der Waals surface area contributed by atoms with Gasteiger partial charge in [-0.15, -0.1) is 0 Å². The van der Waals surface area contributed by atoms with Crippen LogP contribution < -0.4 is 4.74 Å². The number of fused-ring (bicyclic) bond motifs is 3. The Morgan fingerprint density at radius 1 is 1.33 bits per heavy atom. The molecule has 98 valence electrons. The second kappa shape index (κ2) is 4.58. The summed E-state index contributed by atoms with van der Waals surface area (Å²) in [5.74, 6) is 2.60. The van der Waals surface area contributed by atoms with E-state index in [1.165, 1.54) is 31.4 Å². The molecule has 1 heterocycles. The van der Waals surface area contributed by atoms with Crippen LogP contribution in [0.4, 0.5) is 0 Å². The second-order valence-corrected chi connectivity index (χ2v) is 6.02. The Labute approximate surface area is 110 Å². The van der Waals surface area contributed by atoms with Crippen LogP contribution in [0.25, 0.3) is 0 Å². The fourth-order valence-corrected chi connectivity index (χ4v) is 4.04. The van der Waals surface area contributed by atoms with Crippen LogP contribution in [0, 0.1) is 5.92 Å². The summed E-state index contributed by atoms with van der Waals surface area (Å²) in [5, 5.41) is 0. The molecule has 1 fully saturated rings. The first-order chi connectivity index (χ1) is 8.70. The summed E-state index contributed by atoms with van der Waals surface area (Å²) in [7, 11) is 4.08. The van der Waals surface area contributed by atoms with Gasteiger partial charge in [0.05, 0.1) is 7.11 Å². The molecule has 0 N–H and O–H groups in total. The lowest BCUT2D eigenvalue weighted by Gasteiger charge is -2.45. The molecule has 1 saturated heterocycles. The number of benzene rings is 1. The highest BCUT2D eigenvalue weighted by atomic mass is 16.5. The molecule has 1 aliphatic heterocycles. The van der Waals surface area contributed by atoms with Crippen LogP contribution in [-0.2, 0) is 6.42 Å². The maximum absolute atomic E-state index is 5.53. The Kier molecular flexibility index (Phi) is 3.06. The van der Waals surface area contributed by atoms with Crippen molar-refractivity contribution in [3.05, 3.63) is 29.3 Å². The fraction of sp³-hybridized carbons (Fsp3) is 0.625. The maximum atomic E-state index is 5.53. The zero-order valence-corrected chi connectivity index (χ0v) is 11.6. The first-order valence-electron chi connectivity index (χ1n) is 7.06. The van der Waals surface area contributed by atoms with E-state index in [1.807, 2.05) is 0 Å². The predicted octanol–water partition coefficient (Wildman–Crippen LogP) is 3.07. The van der Waals surface area contributed by atoms with Crippen molar-refractivity contribution in [3.63, 3.8) is 0 Å². The normalized spacial score (nSPS) is 31.6. The quantitative estimate of drug-likeness (QED) is 0.754. The molecule has 1 aliphatic carbocycles. The van der Waals surface area contributed by atoms with Crippen molar-refractivity contribution in [1.29, 1.82) is 0 Å². The Hall–Kier alpha value is -1.02. The molecule has 2 aliphatic rings. The SMILES string of the molecule is COc1cccc2c1CCC1C2CC(C)CN1C. The molecule has 3 unspecified atom stereocenters. The van der Waals surface area contributed by atoms with Gasteiger partial charge in [0.2, 0.25) is 0 Å². The lowest BCUT2D eigenvalue weighted by atomic mass is 9.72. The highest BCUT2D eigenvalue weighted by molar-refractivity contribution is 5.45. The van der Waals surface area contributed by atoms with Crippen molar-refractivity contribution in [2.24, 2.45) is 5.92 Å². The predicted molar refractivity (Wildman–Crippen MR) is 74.3 cm³/mol. The van der Waals surface area contributed by atoms with Crippen molar-refractivity contribution in [1.82, 2.24) is 4.90 Å². The van der Waals surface area contributed by atoms with Gasteiger partial charge in [0.15, 0.2) is 0 Å². The molecule has 0 aromatic heterocycles. The van der Waals surface area contributed by atoms with E-state index in [4.69, 9.17) is 4.74 Å². The molecule has 0 saturated carbocycles. The number of hydrogen-bond donors (Lipinski definition) is 0. The average molecular weight is 245 g/mol. The second-order valence-electron chi connectivity index (χ2n) is 6.02. The third-order valence-corrected chi connectivity index (χ3v) is 4.77. The van der Waals surface area contributed by atoms with Crippen LogP contribution in [0.1, 0.15) is 36.8 Å². The topological polar surface area (TPSA) is 12.5 Å². The molecule has 1 aromatic carbocycles. The van der Waals surface area contributed by atoms with Crippen LogP contribution in [0.5, 0.6) is 5.75 Å². The minimum Gasteiger partial charge on any atom is -0.496 e. The first-order valence-corrected chi connectivity index (χ1v) is 7.06. The van der Waals surface area contributed by atoms with E-state index in [0.717, 1.165) is 17.7 Å².